The lowest BCUT2D eigenvalue weighted by Crippen LogP contribution is -2.43. The molecule has 2 aliphatic heterocycles. The first kappa shape index (κ1) is 12.7. The van der Waals surface area contributed by atoms with Crippen LogP contribution in [0, 0.1) is 11.3 Å². The first-order valence-corrected chi connectivity index (χ1v) is 6.89. The Morgan fingerprint density at radius 3 is 2.95 bits per heavy atom. The van der Waals surface area contributed by atoms with Gasteiger partial charge in [-0.25, -0.2) is 0 Å². The summed E-state index contributed by atoms with van der Waals surface area (Å²) in [5.41, 5.74) is 0.0856. The molecular formula is C14H20N2O3. The number of nitrogens with zero attached hydrogens (tertiary/aromatic N) is 1. The van der Waals surface area contributed by atoms with Crippen LogP contribution in [0.5, 0.6) is 0 Å². The highest BCUT2D eigenvalue weighted by molar-refractivity contribution is 5.91. The molecular weight excluding hydrogens is 244 g/mol. The molecule has 1 unspecified atom stereocenters. The minimum atomic E-state index is -0.0566. The van der Waals surface area contributed by atoms with Crippen molar-refractivity contribution >= 4 is 5.91 Å². The Bertz CT molecular complexity index is 438. The highest BCUT2D eigenvalue weighted by atomic mass is 16.3. The number of amides is 1. The molecule has 0 bridgehead atoms. The van der Waals surface area contributed by atoms with Gasteiger partial charge in [0, 0.05) is 25.6 Å². The van der Waals surface area contributed by atoms with Gasteiger partial charge in [-0.2, -0.15) is 0 Å². The van der Waals surface area contributed by atoms with E-state index >= 15 is 0 Å². The van der Waals surface area contributed by atoms with Gasteiger partial charge in [-0.1, -0.05) is 0 Å². The molecule has 0 saturated carbocycles. The predicted octanol–water partition coefficient (Wildman–Crippen LogP) is 0.714. The van der Waals surface area contributed by atoms with Gasteiger partial charge in [0.1, 0.15) is 0 Å². The van der Waals surface area contributed by atoms with E-state index < -0.39 is 0 Å². The van der Waals surface area contributed by atoms with E-state index in [1.807, 2.05) is 4.90 Å². The van der Waals surface area contributed by atoms with E-state index in [2.05, 4.69) is 5.32 Å². The molecule has 0 aromatic carbocycles. The molecule has 1 aromatic heterocycles. The Morgan fingerprint density at radius 2 is 2.32 bits per heavy atom. The van der Waals surface area contributed by atoms with Crippen molar-refractivity contribution < 1.29 is 14.3 Å². The van der Waals surface area contributed by atoms with E-state index in [1.165, 1.54) is 6.26 Å². The summed E-state index contributed by atoms with van der Waals surface area (Å²) in [6.45, 7) is 3.47. The summed E-state index contributed by atoms with van der Waals surface area (Å²) in [4.78, 5) is 14.2. The smallest absolute Gasteiger partial charge is 0.289 e. The number of furan rings is 1. The number of nitrogens with one attached hydrogen (secondary N) is 1. The Kier molecular flexibility index (Phi) is 3.33. The average molecular weight is 264 g/mol. The normalized spacial score (nSPS) is 25.9. The van der Waals surface area contributed by atoms with Gasteiger partial charge in [-0.3, -0.25) is 4.79 Å². The van der Waals surface area contributed by atoms with E-state index in [0.717, 1.165) is 32.5 Å². The molecule has 2 fully saturated rings. The second-order valence-electron chi connectivity index (χ2n) is 5.65. The van der Waals surface area contributed by atoms with Crippen molar-refractivity contribution in [3.05, 3.63) is 24.2 Å². The van der Waals surface area contributed by atoms with Crippen LogP contribution in [0.4, 0.5) is 0 Å². The fourth-order valence-corrected chi connectivity index (χ4v) is 3.49. The van der Waals surface area contributed by atoms with Crippen molar-refractivity contribution in [2.24, 2.45) is 11.3 Å². The third-order valence-corrected chi connectivity index (χ3v) is 4.65. The van der Waals surface area contributed by atoms with Crippen molar-refractivity contribution in [3.8, 4) is 0 Å². The summed E-state index contributed by atoms with van der Waals surface area (Å²) in [6, 6.07) is 3.43. The van der Waals surface area contributed by atoms with Crippen LogP contribution in [0.15, 0.2) is 22.8 Å². The number of carbonyl (C=O) groups excluding carboxylic acids is 1. The third-order valence-electron chi connectivity index (χ3n) is 4.65. The lowest BCUT2D eigenvalue weighted by Gasteiger charge is -2.37. The van der Waals surface area contributed by atoms with Crippen LogP contribution in [-0.4, -0.2) is 48.7 Å². The maximum absolute atomic E-state index is 12.3. The van der Waals surface area contributed by atoms with Crippen LogP contribution in [0.2, 0.25) is 0 Å². The van der Waals surface area contributed by atoms with Gasteiger partial charge in [-0.05, 0) is 43.5 Å². The third kappa shape index (κ3) is 2.17. The Morgan fingerprint density at radius 1 is 1.53 bits per heavy atom. The second kappa shape index (κ2) is 4.98. The quantitative estimate of drug-likeness (QED) is 0.826. The van der Waals surface area contributed by atoms with Gasteiger partial charge in [0.15, 0.2) is 5.76 Å². The van der Waals surface area contributed by atoms with Gasteiger partial charge < -0.3 is 19.7 Å². The number of piperidine rings is 1. The first-order valence-electron chi connectivity index (χ1n) is 6.89. The maximum Gasteiger partial charge on any atom is 0.289 e. The highest BCUT2D eigenvalue weighted by Gasteiger charge is 2.48. The monoisotopic (exact) mass is 264 g/mol. The van der Waals surface area contributed by atoms with E-state index in [-0.39, 0.29) is 23.8 Å². The molecule has 19 heavy (non-hydrogen) atoms. The molecule has 1 amide bonds. The van der Waals surface area contributed by atoms with Gasteiger partial charge >= 0.3 is 0 Å². The van der Waals surface area contributed by atoms with Crippen molar-refractivity contribution in [2.45, 2.75) is 12.8 Å². The Hall–Kier alpha value is -1.33. The Labute approximate surface area is 112 Å². The molecule has 0 aliphatic carbocycles. The molecule has 5 heteroatoms. The number of likely N-dealkylation sites (tertiary alicyclic amines) is 1. The molecule has 104 valence electrons. The standard InChI is InChI=1S/C14H20N2O3/c17-9-11-8-16(13(18)12-2-1-7-19-12)10-14(11)3-5-15-6-4-14/h1-2,7,11,15,17H,3-6,8-10H2. The van der Waals surface area contributed by atoms with Crippen LogP contribution >= 0.6 is 0 Å². The van der Waals surface area contributed by atoms with Crippen LogP contribution in [-0.2, 0) is 0 Å². The molecule has 2 saturated heterocycles. The fraction of sp³-hybridized carbons (Fsp3) is 0.643. The van der Waals surface area contributed by atoms with Gasteiger partial charge in [0.05, 0.1) is 6.26 Å². The minimum Gasteiger partial charge on any atom is -0.459 e. The Balaban J connectivity index is 1.77. The van der Waals surface area contributed by atoms with E-state index in [9.17, 15) is 9.90 Å². The second-order valence-corrected chi connectivity index (χ2v) is 5.65. The van der Waals surface area contributed by atoms with E-state index in [0.29, 0.717) is 12.3 Å². The number of aliphatic hydroxyl groups excluding tert-OH is 1. The number of hydrogen-bond acceptors (Lipinski definition) is 4. The molecule has 2 aliphatic rings. The zero-order chi connectivity index (χ0) is 13.3. The van der Waals surface area contributed by atoms with Crippen LogP contribution in [0.1, 0.15) is 23.4 Å². The van der Waals surface area contributed by atoms with Crippen LogP contribution < -0.4 is 5.32 Å². The molecule has 5 nitrogen and oxygen atoms in total. The minimum absolute atomic E-state index is 0.0566. The largest absolute Gasteiger partial charge is 0.459 e. The summed E-state index contributed by atoms with van der Waals surface area (Å²) >= 11 is 0. The van der Waals surface area contributed by atoms with Crippen molar-refractivity contribution in [1.82, 2.24) is 10.2 Å². The number of aliphatic hydroxyl groups is 1. The molecule has 1 spiro atoms. The molecule has 1 aromatic rings. The summed E-state index contributed by atoms with van der Waals surface area (Å²) < 4.78 is 5.19. The van der Waals surface area contributed by atoms with Gasteiger partial charge in [0.25, 0.3) is 5.91 Å². The molecule has 3 heterocycles. The molecule has 3 rings (SSSR count). The predicted molar refractivity (Wildman–Crippen MR) is 69.7 cm³/mol. The van der Waals surface area contributed by atoms with E-state index in [1.54, 1.807) is 12.1 Å². The van der Waals surface area contributed by atoms with E-state index in [4.69, 9.17) is 4.42 Å². The summed E-state index contributed by atoms with van der Waals surface area (Å²) in [5.74, 6) is 0.523. The summed E-state index contributed by atoms with van der Waals surface area (Å²) in [5, 5.41) is 13.0. The highest BCUT2D eigenvalue weighted by Crippen LogP contribution is 2.43. The maximum atomic E-state index is 12.3. The van der Waals surface area contributed by atoms with Crippen molar-refractivity contribution in [2.75, 3.05) is 32.8 Å². The molecule has 0 radical (unpaired) electrons. The van der Waals surface area contributed by atoms with Crippen molar-refractivity contribution in [3.63, 3.8) is 0 Å². The first-order chi connectivity index (χ1) is 9.25. The summed E-state index contributed by atoms with van der Waals surface area (Å²) in [6.07, 6.45) is 3.58. The lowest BCUT2D eigenvalue weighted by molar-refractivity contribution is 0.0726. The molecule has 1 atom stereocenters. The number of rotatable bonds is 2. The van der Waals surface area contributed by atoms with Crippen LogP contribution in [0.3, 0.4) is 0 Å². The summed E-state index contributed by atoms with van der Waals surface area (Å²) in [7, 11) is 0. The van der Waals surface area contributed by atoms with Crippen LogP contribution in [0.25, 0.3) is 0 Å². The fourth-order valence-electron chi connectivity index (χ4n) is 3.49. The van der Waals surface area contributed by atoms with Crippen molar-refractivity contribution in [1.29, 1.82) is 0 Å². The SMILES string of the molecule is O=C(c1ccco1)N1CC(CO)C2(CCNCC2)C1. The number of hydrogen-bond donors (Lipinski definition) is 2. The van der Waals surface area contributed by atoms with Gasteiger partial charge in [-0.15, -0.1) is 0 Å². The van der Waals surface area contributed by atoms with Gasteiger partial charge in [0.2, 0.25) is 0 Å². The zero-order valence-electron chi connectivity index (χ0n) is 11.0. The lowest BCUT2D eigenvalue weighted by atomic mass is 9.71. The molecule has 2 N–H and O–H groups in total. The average Bonchev–Trinajstić information content (AvgIpc) is 3.07. The topological polar surface area (TPSA) is 65.7 Å². The zero-order valence-corrected chi connectivity index (χ0v) is 11.0. The number of carbonyl (C=O) groups is 1.